The summed E-state index contributed by atoms with van der Waals surface area (Å²) in [4.78, 5) is 35.7. The molecule has 0 radical (unpaired) electrons. The Bertz CT molecular complexity index is 553. The van der Waals surface area contributed by atoms with Gasteiger partial charge in [-0.25, -0.2) is 4.79 Å². The molecule has 1 atom stereocenters. The normalized spacial score (nSPS) is 18.0. The number of benzene rings is 1. The van der Waals surface area contributed by atoms with Crippen LogP contribution < -0.4 is 5.32 Å². The van der Waals surface area contributed by atoms with E-state index in [2.05, 4.69) is 5.32 Å². The summed E-state index contributed by atoms with van der Waals surface area (Å²) in [7, 11) is 0. The number of imide groups is 1. The lowest BCUT2D eigenvalue weighted by Crippen LogP contribution is -2.31. The molecule has 0 bridgehead atoms. The molecule has 1 saturated heterocycles. The van der Waals surface area contributed by atoms with E-state index >= 15 is 0 Å². The average Bonchev–Trinajstić information content (AvgIpc) is 2.71. The topological polar surface area (TPSA) is 86.7 Å². The molecular weight excluding hydrogens is 272 g/mol. The van der Waals surface area contributed by atoms with Gasteiger partial charge in [0.25, 0.3) is 5.91 Å². The summed E-state index contributed by atoms with van der Waals surface area (Å²) in [6, 6.07) is 6.38. The van der Waals surface area contributed by atoms with E-state index in [1.807, 2.05) is 31.2 Å². The van der Waals surface area contributed by atoms with Gasteiger partial charge in [0.15, 0.2) is 0 Å². The van der Waals surface area contributed by atoms with Crippen LogP contribution in [0.1, 0.15) is 36.4 Å². The number of urea groups is 1. The van der Waals surface area contributed by atoms with Gasteiger partial charge in [-0.05, 0) is 25.3 Å². The number of amides is 3. The summed E-state index contributed by atoms with van der Waals surface area (Å²) in [6.45, 7) is 2.20. The second-order valence-corrected chi connectivity index (χ2v) is 5.13. The number of carbonyl (C=O) groups is 3. The van der Waals surface area contributed by atoms with Crippen LogP contribution in [0.5, 0.6) is 0 Å². The third kappa shape index (κ3) is 3.59. The van der Waals surface area contributed by atoms with Crippen molar-refractivity contribution in [3.8, 4) is 0 Å². The zero-order chi connectivity index (χ0) is 15.4. The first-order valence-corrected chi connectivity index (χ1v) is 6.89. The summed E-state index contributed by atoms with van der Waals surface area (Å²) in [5, 5.41) is 11.2. The molecule has 1 aliphatic heterocycles. The van der Waals surface area contributed by atoms with Crippen LogP contribution in [0.4, 0.5) is 4.79 Å². The van der Waals surface area contributed by atoms with E-state index in [9.17, 15) is 14.4 Å². The molecule has 3 amide bonds. The maximum Gasteiger partial charge on any atom is 0.325 e. The highest BCUT2D eigenvalue weighted by molar-refractivity contribution is 6.04. The number of nitrogens with zero attached hydrogens (tertiary/aromatic N) is 1. The van der Waals surface area contributed by atoms with Crippen LogP contribution >= 0.6 is 0 Å². The predicted molar refractivity (Wildman–Crippen MR) is 75.7 cm³/mol. The summed E-state index contributed by atoms with van der Waals surface area (Å²) in [5.41, 5.74) is 1.84. The molecule has 21 heavy (non-hydrogen) atoms. The minimum atomic E-state index is -0.871. The molecule has 112 valence electrons. The van der Waals surface area contributed by atoms with Gasteiger partial charge in [0.1, 0.15) is 6.04 Å². The molecular formula is C15H18N2O4. The minimum absolute atomic E-state index is 0.0467. The second-order valence-electron chi connectivity index (χ2n) is 5.13. The number of nitrogens with one attached hydrogen (secondary N) is 1. The molecule has 1 aromatic carbocycles. The molecule has 2 rings (SSSR count). The number of hydrogen-bond acceptors (Lipinski definition) is 3. The first kappa shape index (κ1) is 15.0. The van der Waals surface area contributed by atoms with Crippen molar-refractivity contribution in [2.75, 3.05) is 6.54 Å². The van der Waals surface area contributed by atoms with Crippen molar-refractivity contribution in [3.63, 3.8) is 0 Å². The van der Waals surface area contributed by atoms with Gasteiger partial charge < -0.3 is 10.4 Å². The average molecular weight is 290 g/mol. The molecule has 1 heterocycles. The molecule has 1 fully saturated rings. The maximum atomic E-state index is 12.3. The molecule has 2 N–H and O–H groups in total. The smallest absolute Gasteiger partial charge is 0.325 e. The molecule has 0 aromatic heterocycles. The highest BCUT2D eigenvalue weighted by Gasteiger charge is 2.38. The summed E-state index contributed by atoms with van der Waals surface area (Å²) >= 11 is 0. The van der Waals surface area contributed by atoms with Crippen molar-refractivity contribution in [1.29, 1.82) is 0 Å². The first-order chi connectivity index (χ1) is 9.99. The quantitative estimate of drug-likeness (QED) is 0.618. The Morgan fingerprint density at radius 2 is 1.90 bits per heavy atom. The van der Waals surface area contributed by atoms with Gasteiger partial charge in [-0.15, -0.1) is 0 Å². The number of hydrogen-bond donors (Lipinski definition) is 2. The lowest BCUT2D eigenvalue weighted by Gasteiger charge is -2.12. The van der Waals surface area contributed by atoms with Crippen molar-refractivity contribution in [2.45, 2.75) is 32.2 Å². The van der Waals surface area contributed by atoms with E-state index < -0.39 is 18.0 Å². The van der Waals surface area contributed by atoms with Gasteiger partial charge in [-0.3, -0.25) is 14.5 Å². The van der Waals surface area contributed by atoms with Gasteiger partial charge >= 0.3 is 12.0 Å². The van der Waals surface area contributed by atoms with Crippen LogP contribution in [0.15, 0.2) is 24.3 Å². The van der Waals surface area contributed by atoms with Crippen LogP contribution in [-0.4, -0.2) is 34.5 Å². The Morgan fingerprint density at radius 3 is 2.52 bits per heavy atom. The highest BCUT2D eigenvalue weighted by atomic mass is 16.4. The molecule has 0 spiro atoms. The molecule has 6 nitrogen and oxygen atoms in total. The Labute approximate surface area is 122 Å². The number of carbonyl (C=O) groups excluding carboxylic acids is 2. The SMILES string of the molecule is Cc1ccc(C2NC(=O)N(CCCCC(=O)O)C2=O)cc1. The lowest BCUT2D eigenvalue weighted by molar-refractivity contribution is -0.137. The number of rotatable bonds is 6. The molecule has 1 unspecified atom stereocenters. The Balaban J connectivity index is 1.96. The van der Waals surface area contributed by atoms with Crippen LogP contribution in [0, 0.1) is 6.92 Å². The Morgan fingerprint density at radius 1 is 1.24 bits per heavy atom. The number of unbranched alkanes of at least 4 members (excludes halogenated alkanes) is 1. The van der Waals surface area contributed by atoms with Gasteiger partial charge in [-0.2, -0.15) is 0 Å². The fourth-order valence-electron chi connectivity index (χ4n) is 2.26. The van der Waals surface area contributed by atoms with E-state index in [-0.39, 0.29) is 18.9 Å². The third-order valence-corrected chi connectivity index (χ3v) is 3.46. The maximum absolute atomic E-state index is 12.3. The van der Waals surface area contributed by atoms with Crippen molar-refractivity contribution in [2.24, 2.45) is 0 Å². The largest absolute Gasteiger partial charge is 0.481 e. The lowest BCUT2D eigenvalue weighted by atomic mass is 10.1. The summed E-state index contributed by atoms with van der Waals surface area (Å²) < 4.78 is 0. The predicted octanol–water partition coefficient (Wildman–Crippen LogP) is 1.84. The van der Waals surface area contributed by atoms with Crippen LogP contribution in [0.25, 0.3) is 0 Å². The minimum Gasteiger partial charge on any atom is -0.481 e. The second kappa shape index (κ2) is 6.39. The van der Waals surface area contributed by atoms with Gasteiger partial charge in [0.2, 0.25) is 0 Å². The third-order valence-electron chi connectivity index (χ3n) is 3.46. The van der Waals surface area contributed by atoms with Crippen molar-refractivity contribution in [1.82, 2.24) is 10.2 Å². The fourth-order valence-corrected chi connectivity index (χ4v) is 2.26. The number of aryl methyl sites for hydroxylation is 1. The fraction of sp³-hybridized carbons (Fsp3) is 0.400. The zero-order valence-corrected chi connectivity index (χ0v) is 11.8. The van der Waals surface area contributed by atoms with Crippen LogP contribution in [-0.2, 0) is 9.59 Å². The van der Waals surface area contributed by atoms with E-state index in [1.165, 1.54) is 0 Å². The molecule has 0 saturated carbocycles. The zero-order valence-electron chi connectivity index (χ0n) is 11.8. The number of carboxylic acids is 1. The van der Waals surface area contributed by atoms with Crippen molar-refractivity contribution < 1.29 is 19.5 Å². The molecule has 1 aliphatic rings. The standard InChI is InChI=1S/C15H18N2O4/c1-10-5-7-11(8-6-10)13-14(20)17(15(21)16-13)9-3-2-4-12(18)19/h5-8,13H,2-4,9H2,1H3,(H,16,21)(H,18,19). The van der Waals surface area contributed by atoms with E-state index in [1.54, 1.807) is 0 Å². The Hall–Kier alpha value is -2.37. The summed E-state index contributed by atoms with van der Waals surface area (Å²) in [5.74, 6) is -1.15. The Kier molecular flexibility index (Phi) is 4.57. The van der Waals surface area contributed by atoms with E-state index in [0.717, 1.165) is 16.0 Å². The van der Waals surface area contributed by atoms with Crippen molar-refractivity contribution in [3.05, 3.63) is 35.4 Å². The molecule has 0 aliphatic carbocycles. The van der Waals surface area contributed by atoms with Gasteiger partial charge in [0.05, 0.1) is 0 Å². The highest BCUT2D eigenvalue weighted by Crippen LogP contribution is 2.22. The van der Waals surface area contributed by atoms with E-state index in [4.69, 9.17) is 5.11 Å². The molecule has 6 heteroatoms. The van der Waals surface area contributed by atoms with E-state index in [0.29, 0.717) is 12.8 Å². The number of carboxylic acid groups (broad SMARTS) is 1. The van der Waals surface area contributed by atoms with Crippen LogP contribution in [0.2, 0.25) is 0 Å². The monoisotopic (exact) mass is 290 g/mol. The van der Waals surface area contributed by atoms with Gasteiger partial charge in [-0.1, -0.05) is 29.8 Å². The number of aliphatic carboxylic acids is 1. The van der Waals surface area contributed by atoms with Crippen LogP contribution in [0.3, 0.4) is 0 Å². The van der Waals surface area contributed by atoms with Gasteiger partial charge in [0, 0.05) is 13.0 Å². The first-order valence-electron chi connectivity index (χ1n) is 6.89. The summed E-state index contributed by atoms with van der Waals surface area (Å²) in [6.07, 6.45) is 0.985. The molecule has 1 aromatic rings. The van der Waals surface area contributed by atoms with Crippen molar-refractivity contribution >= 4 is 17.9 Å².